The normalized spacial score (nSPS) is 36.0. The van der Waals surface area contributed by atoms with Gasteiger partial charge in [-0.3, -0.25) is 15.0 Å². The van der Waals surface area contributed by atoms with Gasteiger partial charge < -0.3 is 10.6 Å². The molecule has 4 bridgehead atoms. The van der Waals surface area contributed by atoms with E-state index >= 15 is 0 Å². The summed E-state index contributed by atoms with van der Waals surface area (Å²) in [6, 6.07) is 9.32. The van der Waals surface area contributed by atoms with Gasteiger partial charge in [0.15, 0.2) is 6.54 Å². The quantitative estimate of drug-likeness (QED) is 0.578. The molecule has 4 N–H and O–H groups in total. The SMILES string of the molecule is C[C@]1(CCc2ccccc2)NC(=O)N(NC(=O)C[NH2+]C23CC4CC(CC(C4)C2)C3)C1=O. The van der Waals surface area contributed by atoms with Crippen LogP contribution in [0.5, 0.6) is 0 Å². The van der Waals surface area contributed by atoms with Crippen molar-refractivity contribution in [3.63, 3.8) is 0 Å². The number of rotatable bonds is 7. The molecule has 1 saturated heterocycles. The molecule has 7 heteroatoms. The summed E-state index contributed by atoms with van der Waals surface area (Å²) in [5.41, 5.74) is 2.85. The Kier molecular flexibility index (Phi) is 5.04. The van der Waals surface area contributed by atoms with E-state index in [1.54, 1.807) is 6.92 Å². The van der Waals surface area contributed by atoms with Crippen LogP contribution in [0, 0.1) is 17.8 Å². The first-order valence-corrected chi connectivity index (χ1v) is 11.7. The maximum Gasteiger partial charge on any atom is 0.344 e. The summed E-state index contributed by atoms with van der Waals surface area (Å²) in [5, 5.41) is 5.84. The smallest absolute Gasteiger partial charge is 0.334 e. The molecular weight excluding hydrogens is 392 g/mol. The number of urea groups is 1. The van der Waals surface area contributed by atoms with Crippen molar-refractivity contribution in [2.45, 2.75) is 69.4 Å². The number of aryl methyl sites for hydroxylation is 1. The van der Waals surface area contributed by atoms with Gasteiger partial charge in [0, 0.05) is 19.3 Å². The fourth-order valence-corrected chi connectivity index (χ4v) is 6.90. The van der Waals surface area contributed by atoms with E-state index in [2.05, 4.69) is 16.1 Å². The Morgan fingerprint density at radius 1 is 1.10 bits per heavy atom. The Hall–Kier alpha value is -2.41. The minimum atomic E-state index is -1.01. The number of imide groups is 1. The lowest BCUT2D eigenvalue weighted by Gasteiger charge is -2.54. The molecule has 6 rings (SSSR count). The minimum Gasteiger partial charge on any atom is -0.334 e. The van der Waals surface area contributed by atoms with Crippen LogP contribution in [0.25, 0.3) is 0 Å². The molecule has 5 aliphatic rings. The number of nitrogens with zero attached hydrogens (tertiary/aromatic N) is 1. The predicted molar refractivity (Wildman–Crippen MR) is 114 cm³/mol. The Balaban J connectivity index is 1.16. The molecule has 5 fully saturated rings. The molecule has 166 valence electrons. The van der Waals surface area contributed by atoms with Crippen molar-refractivity contribution in [1.29, 1.82) is 0 Å². The van der Waals surface area contributed by atoms with Gasteiger partial charge in [0.25, 0.3) is 11.8 Å². The third-order valence-corrected chi connectivity index (χ3v) is 8.06. The summed E-state index contributed by atoms with van der Waals surface area (Å²) in [6.45, 7) is 1.98. The number of hydrazine groups is 1. The number of benzene rings is 1. The van der Waals surface area contributed by atoms with E-state index in [9.17, 15) is 14.4 Å². The molecule has 1 heterocycles. The van der Waals surface area contributed by atoms with Gasteiger partial charge in [-0.15, -0.1) is 0 Å². The van der Waals surface area contributed by atoms with Gasteiger partial charge in [-0.25, -0.2) is 4.79 Å². The van der Waals surface area contributed by atoms with Crippen molar-refractivity contribution < 1.29 is 19.7 Å². The van der Waals surface area contributed by atoms with Crippen molar-refractivity contribution in [2.24, 2.45) is 17.8 Å². The highest BCUT2D eigenvalue weighted by molar-refractivity contribution is 6.07. The number of carbonyl (C=O) groups excluding carboxylic acids is 3. The van der Waals surface area contributed by atoms with Crippen LogP contribution in [0.1, 0.15) is 57.4 Å². The summed E-state index contributed by atoms with van der Waals surface area (Å²) >= 11 is 0. The largest absolute Gasteiger partial charge is 0.344 e. The van der Waals surface area contributed by atoms with E-state index in [1.807, 2.05) is 30.3 Å². The highest BCUT2D eigenvalue weighted by Gasteiger charge is 2.54. The monoisotopic (exact) mass is 425 g/mol. The van der Waals surface area contributed by atoms with Gasteiger partial charge in [-0.2, -0.15) is 5.01 Å². The van der Waals surface area contributed by atoms with Crippen LogP contribution in [0.2, 0.25) is 0 Å². The lowest BCUT2D eigenvalue weighted by molar-refractivity contribution is -0.730. The third-order valence-electron chi connectivity index (χ3n) is 8.06. The Morgan fingerprint density at radius 2 is 1.71 bits per heavy atom. The highest BCUT2D eigenvalue weighted by atomic mass is 16.2. The molecule has 1 atom stereocenters. The molecule has 1 aromatic carbocycles. The second-order valence-electron chi connectivity index (χ2n) is 10.6. The van der Waals surface area contributed by atoms with Gasteiger partial charge in [-0.05, 0) is 62.3 Å². The van der Waals surface area contributed by atoms with Crippen LogP contribution >= 0.6 is 0 Å². The van der Waals surface area contributed by atoms with Crippen LogP contribution in [0.4, 0.5) is 4.79 Å². The van der Waals surface area contributed by atoms with Crippen LogP contribution in [-0.2, 0) is 16.0 Å². The fraction of sp³-hybridized carbons (Fsp3) is 0.625. The lowest BCUT2D eigenvalue weighted by atomic mass is 9.53. The molecule has 1 aliphatic heterocycles. The van der Waals surface area contributed by atoms with E-state index in [-0.39, 0.29) is 18.0 Å². The van der Waals surface area contributed by atoms with Gasteiger partial charge in [0.1, 0.15) is 5.54 Å². The number of amides is 4. The first kappa shape index (κ1) is 20.5. The van der Waals surface area contributed by atoms with Crippen LogP contribution in [0.15, 0.2) is 30.3 Å². The molecule has 0 spiro atoms. The number of hydrogen-bond acceptors (Lipinski definition) is 3. The summed E-state index contributed by atoms with van der Waals surface area (Å²) in [5.74, 6) is 1.79. The predicted octanol–water partition coefficient (Wildman–Crippen LogP) is 1.49. The highest BCUT2D eigenvalue weighted by Crippen LogP contribution is 2.54. The maximum atomic E-state index is 12.9. The van der Waals surface area contributed by atoms with Crippen molar-refractivity contribution >= 4 is 17.8 Å². The molecule has 0 unspecified atom stereocenters. The summed E-state index contributed by atoms with van der Waals surface area (Å²) in [6.07, 6.45) is 8.85. The molecule has 0 aromatic heterocycles. The van der Waals surface area contributed by atoms with E-state index in [0.29, 0.717) is 12.8 Å². The zero-order valence-corrected chi connectivity index (χ0v) is 18.2. The number of nitrogens with one attached hydrogen (secondary N) is 2. The van der Waals surface area contributed by atoms with Crippen LogP contribution < -0.4 is 16.1 Å². The van der Waals surface area contributed by atoms with Gasteiger partial charge >= 0.3 is 6.03 Å². The van der Waals surface area contributed by atoms with E-state index in [0.717, 1.165) is 28.3 Å². The molecule has 1 aromatic rings. The first-order valence-electron chi connectivity index (χ1n) is 11.7. The van der Waals surface area contributed by atoms with E-state index in [4.69, 9.17) is 0 Å². The van der Waals surface area contributed by atoms with Gasteiger partial charge in [-0.1, -0.05) is 30.3 Å². The number of quaternary nitrogens is 1. The number of nitrogens with two attached hydrogens (primary N) is 1. The average molecular weight is 426 g/mol. The molecule has 7 nitrogen and oxygen atoms in total. The summed E-state index contributed by atoms with van der Waals surface area (Å²) in [7, 11) is 0. The molecule has 4 saturated carbocycles. The summed E-state index contributed by atoms with van der Waals surface area (Å²) in [4.78, 5) is 38.0. The molecular formula is C24H33N4O3+. The maximum absolute atomic E-state index is 12.9. The Labute approximate surface area is 183 Å². The van der Waals surface area contributed by atoms with E-state index in [1.165, 1.54) is 38.5 Å². The zero-order chi connectivity index (χ0) is 21.6. The standard InChI is InChI=1S/C24H32N4O3/c1-23(8-7-16-5-3-2-4-6-16)21(30)28(22(31)26-23)27-20(29)15-25-24-12-17-9-18(13-24)11-19(10-17)14-24/h2-6,17-19,25H,7-15H2,1H3,(H,26,31)(H,27,29)/p+1/t17?,18?,19?,23-,24?/m1/s1. The molecule has 0 radical (unpaired) electrons. The number of hydrogen-bond donors (Lipinski definition) is 3. The number of carbonyl (C=O) groups is 3. The lowest BCUT2D eigenvalue weighted by Crippen LogP contribution is -3.00. The van der Waals surface area contributed by atoms with Crippen LogP contribution in [0.3, 0.4) is 0 Å². The molecule has 31 heavy (non-hydrogen) atoms. The first-order chi connectivity index (χ1) is 14.8. The Morgan fingerprint density at radius 3 is 2.32 bits per heavy atom. The van der Waals surface area contributed by atoms with Crippen molar-refractivity contribution in [3.8, 4) is 0 Å². The molecule has 4 amide bonds. The Bertz CT molecular complexity index is 851. The average Bonchev–Trinajstić information content (AvgIpc) is 2.94. The van der Waals surface area contributed by atoms with Crippen molar-refractivity contribution in [1.82, 2.24) is 15.8 Å². The second-order valence-corrected chi connectivity index (χ2v) is 10.6. The zero-order valence-electron chi connectivity index (χ0n) is 18.2. The van der Waals surface area contributed by atoms with Crippen molar-refractivity contribution in [3.05, 3.63) is 35.9 Å². The summed E-state index contributed by atoms with van der Waals surface area (Å²) < 4.78 is 0. The topological polar surface area (TPSA) is 95.1 Å². The third kappa shape index (κ3) is 3.95. The second kappa shape index (κ2) is 7.62. The van der Waals surface area contributed by atoms with Crippen LogP contribution in [-0.4, -0.2) is 40.5 Å². The van der Waals surface area contributed by atoms with Crippen molar-refractivity contribution in [2.75, 3.05) is 6.54 Å². The van der Waals surface area contributed by atoms with Gasteiger partial charge in [0.05, 0.1) is 5.54 Å². The fourth-order valence-electron chi connectivity index (χ4n) is 6.90. The van der Waals surface area contributed by atoms with Gasteiger partial charge in [0.2, 0.25) is 0 Å². The van der Waals surface area contributed by atoms with E-state index < -0.39 is 17.5 Å². The minimum absolute atomic E-state index is 0.188. The molecule has 4 aliphatic carbocycles.